The molecule has 2 rings (SSSR count). The Morgan fingerprint density at radius 1 is 1.17 bits per heavy atom. The average molecular weight is 290 g/mol. The first kappa shape index (κ1) is 13.5. The summed E-state index contributed by atoms with van der Waals surface area (Å²) in [4.78, 5) is 0.0240. The number of nitrogens with one attached hydrogen (secondary N) is 3. The first-order valence-corrected chi connectivity index (χ1v) is 8.66. The third-order valence-electron chi connectivity index (χ3n) is 2.49. The van der Waals surface area contributed by atoms with E-state index in [9.17, 15) is 13.0 Å². The standard InChI is InChI=1S/C9H15N4O3PS/c10-18(15,16)9-4-2-8(3-5-9)13-17(14)11-6-1-7-12-17/h2-5H,1,6-7H2,(H2,10,15,16)(H3,11,12,13,14). The fourth-order valence-corrected chi connectivity index (χ4v) is 3.84. The molecule has 0 radical (unpaired) electrons. The molecule has 0 bridgehead atoms. The number of hydrogen-bond donors (Lipinski definition) is 4. The van der Waals surface area contributed by atoms with Gasteiger partial charge >= 0.3 is 7.59 Å². The van der Waals surface area contributed by atoms with E-state index in [4.69, 9.17) is 5.14 Å². The highest BCUT2D eigenvalue weighted by molar-refractivity contribution is 7.89. The summed E-state index contributed by atoms with van der Waals surface area (Å²) >= 11 is 0. The predicted molar refractivity (Wildman–Crippen MR) is 69.7 cm³/mol. The van der Waals surface area contributed by atoms with E-state index < -0.39 is 17.6 Å². The van der Waals surface area contributed by atoms with Crippen LogP contribution in [0.15, 0.2) is 29.2 Å². The number of rotatable bonds is 3. The van der Waals surface area contributed by atoms with E-state index in [0.29, 0.717) is 18.8 Å². The van der Waals surface area contributed by atoms with Gasteiger partial charge in [0.1, 0.15) is 0 Å². The lowest BCUT2D eigenvalue weighted by Gasteiger charge is -2.26. The Morgan fingerprint density at radius 2 is 1.72 bits per heavy atom. The Bertz CT molecular complexity index is 562. The van der Waals surface area contributed by atoms with Gasteiger partial charge in [-0.05, 0) is 30.7 Å². The van der Waals surface area contributed by atoms with Crippen LogP contribution in [0.25, 0.3) is 0 Å². The van der Waals surface area contributed by atoms with Gasteiger partial charge in [0.05, 0.1) is 4.90 Å². The van der Waals surface area contributed by atoms with Crippen molar-refractivity contribution in [1.82, 2.24) is 10.2 Å². The largest absolute Gasteiger partial charge is 0.313 e. The molecule has 0 spiro atoms. The zero-order valence-corrected chi connectivity index (χ0v) is 11.3. The van der Waals surface area contributed by atoms with Crippen LogP contribution in [0, 0.1) is 0 Å². The molecule has 0 amide bonds. The number of sulfonamides is 1. The summed E-state index contributed by atoms with van der Waals surface area (Å²) in [7, 11) is -6.52. The van der Waals surface area contributed by atoms with Crippen molar-refractivity contribution >= 4 is 23.3 Å². The summed E-state index contributed by atoms with van der Waals surface area (Å²) < 4.78 is 34.4. The molecular formula is C9H15N4O3PS. The maximum atomic E-state index is 12.2. The predicted octanol–water partition coefficient (Wildman–Crippen LogP) is 0.437. The molecular weight excluding hydrogens is 275 g/mol. The molecule has 1 aromatic carbocycles. The molecule has 9 heteroatoms. The van der Waals surface area contributed by atoms with Crippen molar-refractivity contribution in [2.24, 2.45) is 5.14 Å². The van der Waals surface area contributed by atoms with Gasteiger partial charge in [-0.1, -0.05) is 0 Å². The molecule has 5 N–H and O–H groups in total. The third kappa shape index (κ3) is 3.30. The fraction of sp³-hybridized carbons (Fsp3) is 0.333. The van der Waals surface area contributed by atoms with Crippen molar-refractivity contribution in [3.05, 3.63) is 24.3 Å². The topological polar surface area (TPSA) is 113 Å². The van der Waals surface area contributed by atoms with Crippen LogP contribution in [0.1, 0.15) is 6.42 Å². The Kier molecular flexibility index (Phi) is 3.74. The summed E-state index contributed by atoms with van der Waals surface area (Å²) in [6.45, 7) is 1.35. The highest BCUT2D eigenvalue weighted by atomic mass is 32.2. The van der Waals surface area contributed by atoms with Gasteiger partial charge in [-0.3, -0.25) is 4.57 Å². The van der Waals surface area contributed by atoms with E-state index in [1.165, 1.54) is 24.3 Å². The Labute approximate surface area is 106 Å². The average Bonchev–Trinajstić information content (AvgIpc) is 2.29. The minimum absolute atomic E-state index is 0.0240. The minimum atomic E-state index is -3.70. The molecule has 0 saturated carbocycles. The second kappa shape index (κ2) is 4.99. The lowest BCUT2D eigenvalue weighted by Crippen LogP contribution is -2.34. The van der Waals surface area contributed by atoms with Gasteiger partial charge in [0.25, 0.3) is 0 Å². The zero-order chi connectivity index (χ0) is 13.2. The van der Waals surface area contributed by atoms with Gasteiger partial charge in [-0.2, -0.15) is 0 Å². The Balaban J connectivity index is 2.13. The molecule has 0 atom stereocenters. The molecule has 7 nitrogen and oxygen atoms in total. The van der Waals surface area contributed by atoms with E-state index in [0.717, 1.165) is 6.42 Å². The highest BCUT2D eigenvalue weighted by Gasteiger charge is 2.23. The van der Waals surface area contributed by atoms with Gasteiger partial charge in [-0.15, -0.1) is 0 Å². The van der Waals surface area contributed by atoms with Crippen LogP contribution < -0.4 is 20.4 Å². The number of anilines is 1. The van der Waals surface area contributed by atoms with E-state index >= 15 is 0 Å². The van der Waals surface area contributed by atoms with E-state index in [1.54, 1.807) is 0 Å². The van der Waals surface area contributed by atoms with Crippen LogP contribution >= 0.6 is 7.59 Å². The van der Waals surface area contributed by atoms with Crippen LogP contribution in [-0.2, 0) is 14.6 Å². The number of nitrogens with two attached hydrogens (primary N) is 1. The number of primary sulfonamides is 1. The molecule has 1 saturated heterocycles. The smallest absolute Gasteiger partial charge is 0.303 e. The first-order chi connectivity index (χ1) is 8.39. The van der Waals surface area contributed by atoms with Crippen LogP contribution in [0.3, 0.4) is 0 Å². The molecule has 18 heavy (non-hydrogen) atoms. The summed E-state index contributed by atoms with van der Waals surface area (Å²) in [5, 5.41) is 13.6. The second-order valence-electron chi connectivity index (χ2n) is 3.96. The molecule has 0 unspecified atom stereocenters. The molecule has 1 aliphatic heterocycles. The van der Waals surface area contributed by atoms with Gasteiger partial charge < -0.3 is 5.09 Å². The summed E-state index contributed by atoms with van der Waals surface area (Å²) in [6.07, 6.45) is 0.913. The van der Waals surface area contributed by atoms with Crippen molar-refractivity contribution in [3.8, 4) is 0 Å². The van der Waals surface area contributed by atoms with Gasteiger partial charge in [0, 0.05) is 18.8 Å². The van der Waals surface area contributed by atoms with Crippen LogP contribution in [-0.4, -0.2) is 21.5 Å². The van der Waals surface area contributed by atoms with Crippen LogP contribution in [0.2, 0.25) is 0 Å². The Hall–Kier alpha value is -0.920. The fourth-order valence-electron chi connectivity index (χ4n) is 1.60. The molecule has 100 valence electrons. The van der Waals surface area contributed by atoms with Crippen molar-refractivity contribution in [2.75, 3.05) is 18.2 Å². The lowest BCUT2D eigenvalue weighted by atomic mass is 10.3. The molecule has 1 aliphatic rings. The molecule has 0 aliphatic carbocycles. The minimum Gasteiger partial charge on any atom is -0.313 e. The summed E-state index contributed by atoms with van der Waals surface area (Å²) in [6, 6.07) is 5.79. The van der Waals surface area contributed by atoms with Crippen molar-refractivity contribution in [2.45, 2.75) is 11.3 Å². The SMILES string of the molecule is NS(=O)(=O)c1ccc(NP2(=O)NCCCN2)cc1. The van der Waals surface area contributed by atoms with Crippen molar-refractivity contribution < 1.29 is 13.0 Å². The molecule has 0 aromatic heterocycles. The quantitative estimate of drug-likeness (QED) is 0.601. The Morgan fingerprint density at radius 3 is 2.22 bits per heavy atom. The molecule has 1 heterocycles. The van der Waals surface area contributed by atoms with Crippen molar-refractivity contribution in [1.29, 1.82) is 0 Å². The first-order valence-electron chi connectivity index (χ1n) is 5.41. The second-order valence-corrected chi connectivity index (χ2v) is 7.60. The summed E-state index contributed by atoms with van der Waals surface area (Å²) in [5.74, 6) is 0. The van der Waals surface area contributed by atoms with Crippen molar-refractivity contribution in [3.63, 3.8) is 0 Å². The number of benzene rings is 1. The monoisotopic (exact) mass is 290 g/mol. The van der Waals surface area contributed by atoms with E-state index in [1.807, 2.05) is 0 Å². The third-order valence-corrected chi connectivity index (χ3v) is 5.33. The van der Waals surface area contributed by atoms with Gasteiger partial charge in [-0.25, -0.2) is 23.7 Å². The maximum Gasteiger partial charge on any atom is 0.303 e. The van der Waals surface area contributed by atoms with E-state index in [-0.39, 0.29) is 4.90 Å². The van der Waals surface area contributed by atoms with E-state index in [2.05, 4.69) is 15.3 Å². The highest BCUT2D eigenvalue weighted by Crippen LogP contribution is 2.37. The van der Waals surface area contributed by atoms with Gasteiger partial charge in [0.2, 0.25) is 10.0 Å². The zero-order valence-electron chi connectivity index (χ0n) is 9.59. The van der Waals surface area contributed by atoms with Crippen LogP contribution in [0.4, 0.5) is 5.69 Å². The van der Waals surface area contributed by atoms with Crippen LogP contribution in [0.5, 0.6) is 0 Å². The maximum absolute atomic E-state index is 12.2. The molecule has 1 aromatic rings. The molecule has 1 fully saturated rings. The normalized spacial score (nSPS) is 19.4. The van der Waals surface area contributed by atoms with Gasteiger partial charge in [0.15, 0.2) is 0 Å². The lowest BCUT2D eigenvalue weighted by molar-refractivity contribution is 0.540. The number of hydrogen-bond acceptors (Lipinski definition) is 3. The summed E-state index contributed by atoms with van der Waals surface area (Å²) in [5.41, 5.74) is 0.563.